The van der Waals surface area contributed by atoms with Crippen LogP contribution >= 0.6 is 11.8 Å². The molecule has 0 saturated carbocycles. The highest BCUT2D eigenvalue weighted by molar-refractivity contribution is 7.98. The first-order valence-electron chi connectivity index (χ1n) is 12.5. The highest BCUT2D eigenvalue weighted by Gasteiger charge is 2.36. The number of ketones is 1. The van der Waals surface area contributed by atoms with Crippen molar-refractivity contribution in [1.82, 2.24) is 15.1 Å². The largest absolute Gasteiger partial charge is 0.468 e. The zero-order chi connectivity index (χ0) is 28.9. The number of carbonyl (C=O) groups excluding carboxylic acids is 4. The van der Waals surface area contributed by atoms with Gasteiger partial charge in [0.2, 0.25) is 11.7 Å². The molecule has 1 aliphatic heterocycles. The van der Waals surface area contributed by atoms with Crippen LogP contribution in [0.15, 0.2) is 83.8 Å². The number of fused-ring (bicyclic) bond motifs is 3. The third kappa shape index (κ3) is 5.46. The number of methoxy groups -OCH3 is 1. The molecular weight excluding hydrogens is 542 g/mol. The molecule has 2 N–H and O–H groups in total. The van der Waals surface area contributed by atoms with Gasteiger partial charge in [0.05, 0.1) is 30.1 Å². The van der Waals surface area contributed by atoms with Crippen molar-refractivity contribution >= 4 is 41.0 Å². The second-order valence-corrected chi connectivity index (χ2v) is 9.92. The van der Waals surface area contributed by atoms with Gasteiger partial charge in [0.25, 0.3) is 5.91 Å². The van der Waals surface area contributed by atoms with E-state index < -0.39 is 29.5 Å². The van der Waals surface area contributed by atoms with Crippen molar-refractivity contribution in [3.05, 3.63) is 95.7 Å². The highest BCUT2D eigenvalue weighted by atomic mass is 32.2. The number of hydrogen-bond donors (Lipinski definition) is 2. The number of nitriles is 1. The number of amides is 2. The van der Waals surface area contributed by atoms with Gasteiger partial charge in [0, 0.05) is 27.5 Å². The lowest BCUT2D eigenvalue weighted by molar-refractivity contribution is -0.139. The van der Waals surface area contributed by atoms with Gasteiger partial charge in [0.15, 0.2) is 5.92 Å². The Hall–Kier alpha value is -5.21. The van der Waals surface area contributed by atoms with Gasteiger partial charge in [-0.25, -0.2) is 4.68 Å². The average Bonchev–Trinajstić information content (AvgIpc) is 3.41. The number of rotatable bonds is 8. The molecule has 1 atom stereocenters. The fourth-order valence-electron chi connectivity index (χ4n) is 4.45. The minimum absolute atomic E-state index is 0.0114. The summed E-state index contributed by atoms with van der Waals surface area (Å²) >= 11 is 1.33. The Labute approximate surface area is 239 Å². The van der Waals surface area contributed by atoms with Gasteiger partial charge >= 0.3 is 5.97 Å². The fraction of sp³-hybridized carbons (Fsp3) is 0.133. The van der Waals surface area contributed by atoms with Crippen LogP contribution in [0.1, 0.15) is 26.4 Å². The van der Waals surface area contributed by atoms with Gasteiger partial charge < -0.3 is 15.4 Å². The van der Waals surface area contributed by atoms with Crippen LogP contribution in [0.25, 0.3) is 16.9 Å². The molecule has 0 fully saturated rings. The molecule has 2 heterocycles. The van der Waals surface area contributed by atoms with Gasteiger partial charge in [-0.3, -0.25) is 19.2 Å². The van der Waals surface area contributed by atoms with Gasteiger partial charge in [-0.2, -0.15) is 10.4 Å². The lowest BCUT2D eigenvalue weighted by atomic mass is 9.96. The number of esters is 1. The molecule has 204 valence electrons. The Morgan fingerprint density at radius 1 is 1.02 bits per heavy atom. The summed E-state index contributed by atoms with van der Waals surface area (Å²) in [5.74, 6) is -3.86. The standard InChI is InChI=1S/C30H23N5O5S/c1-40-24(36)16-32-29(38)21-14-8-13-20-26-23(17-41-28(20)21)25(34-35(26)19-11-6-3-7-12-19)27(37)22(15-31)30(39)33-18-9-4-2-5-10-18/h2-14,22H,16-17H2,1H3,(H,32,38)(H,33,39). The normalized spacial score (nSPS) is 12.2. The third-order valence-electron chi connectivity index (χ3n) is 6.41. The maximum Gasteiger partial charge on any atom is 0.325 e. The van der Waals surface area contributed by atoms with E-state index in [4.69, 9.17) is 0 Å². The van der Waals surface area contributed by atoms with E-state index in [1.807, 2.05) is 42.5 Å². The van der Waals surface area contributed by atoms with Gasteiger partial charge in [0.1, 0.15) is 12.2 Å². The Bertz CT molecular complexity index is 1700. The predicted molar refractivity (Wildman–Crippen MR) is 151 cm³/mol. The number of anilines is 1. The van der Waals surface area contributed by atoms with E-state index in [9.17, 15) is 24.4 Å². The molecule has 0 radical (unpaired) electrons. The van der Waals surface area contributed by atoms with Crippen molar-refractivity contribution in [3.63, 3.8) is 0 Å². The molecule has 1 aromatic heterocycles. The topological polar surface area (TPSA) is 143 Å². The van der Waals surface area contributed by atoms with Crippen molar-refractivity contribution in [3.8, 4) is 23.0 Å². The zero-order valence-electron chi connectivity index (χ0n) is 21.8. The van der Waals surface area contributed by atoms with Crippen LogP contribution < -0.4 is 10.6 Å². The van der Waals surface area contributed by atoms with E-state index >= 15 is 0 Å². The zero-order valence-corrected chi connectivity index (χ0v) is 22.6. The molecule has 5 rings (SSSR count). The summed E-state index contributed by atoms with van der Waals surface area (Å²) in [6.45, 7) is -0.282. The molecule has 1 unspecified atom stereocenters. The van der Waals surface area contributed by atoms with Crippen LogP contribution in [0, 0.1) is 17.2 Å². The number of para-hydroxylation sites is 2. The second-order valence-electron chi connectivity index (χ2n) is 8.93. The number of Topliss-reactive ketones (excluding diaryl/α,β-unsaturated/α-hetero) is 1. The van der Waals surface area contributed by atoms with Gasteiger partial charge in [-0.05, 0) is 30.3 Å². The van der Waals surface area contributed by atoms with Crippen LogP contribution in [0.3, 0.4) is 0 Å². The number of hydrogen-bond acceptors (Lipinski definition) is 8. The fourth-order valence-corrected chi connectivity index (χ4v) is 5.65. The van der Waals surface area contributed by atoms with Gasteiger partial charge in [-0.1, -0.05) is 48.5 Å². The minimum Gasteiger partial charge on any atom is -0.468 e. The van der Waals surface area contributed by atoms with Crippen molar-refractivity contribution in [2.75, 3.05) is 19.0 Å². The highest BCUT2D eigenvalue weighted by Crippen LogP contribution is 2.45. The molecule has 0 saturated heterocycles. The first-order valence-corrected chi connectivity index (χ1v) is 13.5. The summed E-state index contributed by atoms with van der Waals surface area (Å²) in [4.78, 5) is 51.9. The predicted octanol–water partition coefficient (Wildman–Crippen LogP) is 4.01. The summed E-state index contributed by atoms with van der Waals surface area (Å²) in [5.41, 5.74) is 3.27. The monoisotopic (exact) mass is 565 g/mol. The Kier molecular flexibility index (Phi) is 7.94. The summed E-state index contributed by atoms with van der Waals surface area (Å²) in [6, 6.07) is 24.7. The first-order chi connectivity index (χ1) is 19.9. The number of ether oxygens (including phenoxy) is 1. The molecule has 10 nitrogen and oxygen atoms in total. The summed E-state index contributed by atoms with van der Waals surface area (Å²) in [7, 11) is 1.24. The molecule has 0 bridgehead atoms. The van der Waals surface area contributed by atoms with Crippen LogP contribution in [0.5, 0.6) is 0 Å². The van der Waals surface area contributed by atoms with E-state index in [2.05, 4.69) is 20.5 Å². The maximum atomic E-state index is 13.7. The number of aromatic nitrogens is 2. The Morgan fingerprint density at radius 3 is 2.41 bits per heavy atom. The van der Waals surface area contributed by atoms with Crippen molar-refractivity contribution in [2.24, 2.45) is 5.92 Å². The number of benzene rings is 3. The van der Waals surface area contributed by atoms with Crippen molar-refractivity contribution < 1.29 is 23.9 Å². The Morgan fingerprint density at radius 2 is 1.73 bits per heavy atom. The summed E-state index contributed by atoms with van der Waals surface area (Å²) in [6.07, 6.45) is 0. The second kappa shape index (κ2) is 11.9. The third-order valence-corrected chi connectivity index (χ3v) is 7.57. The van der Waals surface area contributed by atoms with Gasteiger partial charge in [-0.15, -0.1) is 11.8 Å². The van der Waals surface area contributed by atoms with Crippen molar-refractivity contribution in [2.45, 2.75) is 10.6 Å². The van der Waals surface area contributed by atoms with Crippen LogP contribution in [0.2, 0.25) is 0 Å². The van der Waals surface area contributed by atoms with E-state index in [-0.39, 0.29) is 18.0 Å². The lowest BCUT2D eigenvalue weighted by Gasteiger charge is -2.21. The molecule has 3 aromatic carbocycles. The molecule has 0 spiro atoms. The van der Waals surface area contributed by atoms with Crippen LogP contribution in [-0.2, 0) is 20.1 Å². The Balaban J connectivity index is 1.57. The summed E-state index contributed by atoms with van der Waals surface area (Å²) in [5, 5.41) is 19.7. The minimum atomic E-state index is -1.62. The molecule has 0 aliphatic carbocycles. The van der Waals surface area contributed by atoms with Crippen molar-refractivity contribution in [1.29, 1.82) is 5.26 Å². The first kappa shape index (κ1) is 27.4. The molecule has 1 aliphatic rings. The lowest BCUT2D eigenvalue weighted by Crippen LogP contribution is -2.30. The average molecular weight is 566 g/mol. The molecule has 4 aromatic rings. The molecule has 11 heteroatoms. The number of nitrogens with one attached hydrogen (secondary N) is 2. The number of nitrogens with zero attached hydrogens (tertiary/aromatic N) is 3. The van der Waals surface area contributed by atoms with E-state index in [0.29, 0.717) is 38.7 Å². The van der Waals surface area contributed by atoms with E-state index in [1.165, 1.54) is 18.9 Å². The summed E-state index contributed by atoms with van der Waals surface area (Å²) < 4.78 is 6.21. The quantitative estimate of drug-likeness (QED) is 0.185. The number of thioether (sulfide) groups is 1. The van der Waals surface area contributed by atoms with E-state index in [1.54, 1.807) is 47.1 Å². The van der Waals surface area contributed by atoms with Crippen LogP contribution in [0.4, 0.5) is 5.69 Å². The maximum absolute atomic E-state index is 13.7. The smallest absolute Gasteiger partial charge is 0.325 e. The van der Waals surface area contributed by atoms with Crippen LogP contribution in [-0.4, -0.2) is 47.0 Å². The molecule has 41 heavy (non-hydrogen) atoms. The number of carbonyl (C=O) groups is 4. The molecule has 2 amide bonds. The SMILES string of the molecule is COC(=O)CNC(=O)c1cccc2c1SCc1c(C(=O)C(C#N)C(=O)Nc3ccccc3)nn(-c3ccccc3)c1-2. The molecular formula is C30H23N5O5S. The van der Waals surface area contributed by atoms with E-state index in [0.717, 1.165) is 0 Å².